The largest absolute Gasteiger partial charge is 0.481 e. The summed E-state index contributed by atoms with van der Waals surface area (Å²) in [6, 6.07) is -0.649. The minimum absolute atomic E-state index is 0.0561. The first-order chi connectivity index (χ1) is 15.9. The molecule has 1 saturated heterocycles. The molecule has 0 unspecified atom stereocenters. The van der Waals surface area contributed by atoms with E-state index < -0.39 is 13.2 Å². The van der Waals surface area contributed by atoms with Gasteiger partial charge in [0.2, 0.25) is 11.8 Å². The van der Waals surface area contributed by atoms with Gasteiger partial charge in [0.15, 0.2) is 5.96 Å². The number of carbonyl (C=O) groups is 2. The van der Waals surface area contributed by atoms with Crippen molar-refractivity contribution in [3.8, 4) is 0 Å². The van der Waals surface area contributed by atoms with E-state index in [0.717, 1.165) is 12.8 Å². The van der Waals surface area contributed by atoms with Crippen LogP contribution >= 0.6 is 0 Å². The summed E-state index contributed by atoms with van der Waals surface area (Å²) in [5.74, 6) is 0.935. The van der Waals surface area contributed by atoms with E-state index in [4.69, 9.17) is 14.7 Å². The van der Waals surface area contributed by atoms with Crippen molar-refractivity contribution in [3.63, 3.8) is 0 Å². The smallest absolute Gasteiger partial charge is 0.404 e. The van der Waals surface area contributed by atoms with Crippen LogP contribution in [0.5, 0.6) is 0 Å². The monoisotopic (exact) mass is 477 g/mol. The second-order valence-electron chi connectivity index (χ2n) is 11.5. The van der Waals surface area contributed by atoms with Crippen LogP contribution in [0.3, 0.4) is 0 Å². The lowest BCUT2D eigenvalue weighted by molar-refractivity contribution is -0.199. The van der Waals surface area contributed by atoms with Crippen LogP contribution in [0.25, 0.3) is 0 Å². The fraction of sp³-hybridized carbons (Fsp3) is 0.875. The van der Waals surface area contributed by atoms with Crippen LogP contribution in [0.2, 0.25) is 0 Å². The van der Waals surface area contributed by atoms with Crippen LogP contribution in [-0.4, -0.2) is 62.2 Å². The third-order valence-electron chi connectivity index (χ3n) is 8.27. The normalized spacial score (nSPS) is 30.6. The van der Waals surface area contributed by atoms with E-state index in [1.807, 2.05) is 0 Å². The molecule has 0 aromatic heterocycles. The highest BCUT2D eigenvalue weighted by molar-refractivity contribution is 6.47. The standard InChI is InChI=1S/C24H44BN5O4/c1-14(2)11-20(25-33-19-13-16-12-18(23(16,4)5)24(19,6)34-25)30-21(32)17(29-15(3)31)9-8-10-28-22(26)27-7/h14,16-20H,8-13H2,1-7H3,(H,29,31)(H,30,32)(H3,26,27,28)/t16-,17-,18-,19+,20-,24-/m0/s1. The van der Waals surface area contributed by atoms with Crippen LogP contribution in [-0.2, 0) is 18.9 Å². The third kappa shape index (κ3) is 5.53. The highest BCUT2D eigenvalue weighted by Gasteiger charge is 2.68. The molecule has 3 aliphatic carbocycles. The Morgan fingerprint density at radius 2 is 1.88 bits per heavy atom. The van der Waals surface area contributed by atoms with Gasteiger partial charge in [-0.15, -0.1) is 0 Å². The molecule has 5 N–H and O–H groups in total. The van der Waals surface area contributed by atoms with Crippen molar-refractivity contribution < 1.29 is 18.9 Å². The molecule has 4 fully saturated rings. The predicted octanol–water partition coefficient (Wildman–Crippen LogP) is 1.81. The Labute approximate surface area is 204 Å². The Hall–Kier alpha value is -1.81. The van der Waals surface area contributed by atoms with Crippen molar-refractivity contribution in [1.82, 2.24) is 21.3 Å². The summed E-state index contributed by atoms with van der Waals surface area (Å²) >= 11 is 0. The topological polar surface area (TPSA) is 125 Å². The molecular formula is C24H44BN5O4. The van der Waals surface area contributed by atoms with Crippen LogP contribution in [0.15, 0.2) is 0 Å². The Bertz CT molecular complexity index is 778. The first kappa shape index (κ1) is 26.8. The van der Waals surface area contributed by atoms with Gasteiger partial charge in [0.25, 0.3) is 0 Å². The molecule has 6 atom stereocenters. The maximum Gasteiger partial charge on any atom is 0.481 e. The molecular weight excluding hydrogens is 433 g/mol. The lowest BCUT2D eigenvalue weighted by atomic mass is 9.43. The average Bonchev–Trinajstić information content (AvgIpc) is 3.11. The first-order valence-corrected chi connectivity index (χ1v) is 12.8. The van der Waals surface area contributed by atoms with Crippen LogP contribution in [0.1, 0.15) is 73.6 Å². The molecule has 2 amide bonds. The molecule has 0 aromatic rings. The van der Waals surface area contributed by atoms with Crippen molar-refractivity contribution in [1.29, 1.82) is 5.41 Å². The number of hydrogen-bond donors (Lipinski definition) is 5. The molecule has 9 nitrogen and oxygen atoms in total. The van der Waals surface area contributed by atoms with Gasteiger partial charge in [-0.2, -0.15) is 0 Å². The maximum atomic E-state index is 13.3. The van der Waals surface area contributed by atoms with Gasteiger partial charge >= 0.3 is 7.12 Å². The molecule has 0 radical (unpaired) electrons. The fourth-order valence-electron chi connectivity index (χ4n) is 6.22. The van der Waals surface area contributed by atoms with Gasteiger partial charge in [-0.1, -0.05) is 27.7 Å². The minimum Gasteiger partial charge on any atom is -0.404 e. The van der Waals surface area contributed by atoms with Gasteiger partial charge in [0.1, 0.15) is 6.04 Å². The molecule has 10 heteroatoms. The highest BCUT2D eigenvalue weighted by Crippen LogP contribution is 2.65. The molecule has 1 heterocycles. The fourth-order valence-corrected chi connectivity index (χ4v) is 6.22. The maximum absolute atomic E-state index is 13.3. The summed E-state index contributed by atoms with van der Waals surface area (Å²) in [7, 11) is 1.18. The van der Waals surface area contributed by atoms with Crippen molar-refractivity contribution in [3.05, 3.63) is 0 Å². The van der Waals surface area contributed by atoms with Crippen LogP contribution in [0, 0.1) is 28.6 Å². The SMILES string of the molecule is CNC(=N)NCCC[C@H](NC(C)=O)C(=O)N[C@@H](CC(C)C)B1O[C@@H]2C[C@@H]3C[C@@H](C3(C)C)[C@]2(C)O1. The zero-order valence-corrected chi connectivity index (χ0v) is 21.9. The number of rotatable bonds is 10. The molecule has 0 spiro atoms. The second kappa shape index (κ2) is 10.4. The van der Waals surface area contributed by atoms with E-state index in [-0.39, 0.29) is 40.8 Å². The van der Waals surface area contributed by atoms with Gasteiger partial charge in [0.05, 0.1) is 17.6 Å². The van der Waals surface area contributed by atoms with Crippen molar-refractivity contribution in [2.45, 2.75) is 97.3 Å². The molecule has 0 aromatic carbocycles. The van der Waals surface area contributed by atoms with Crippen molar-refractivity contribution in [2.24, 2.45) is 23.2 Å². The van der Waals surface area contributed by atoms with Gasteiger partial charge < -0.3 is 30.6 Å². The van der Waals surface area contributed by atoms with E-state index in [1.54, 1.807) is 7.05 Å². The second-order valence-corrected chi connectivity index (χ2v) is 11.5. The Morgan fingerprint density at radius 1 is 1.18 bits per heavy atom. The van der Waals surface area contributed by atoms with E-state index in [2.05, 4.69) is 55.9 Å². The van der Waals surface area contributed by atoms with E-state index in [0.29, 0.717) is 37.1 Å². The van der Waals surface area contributed by atoms with Gasteiger partial charge in [-0.05, 0) is 62.2 Å². The summed E-state index contributed by atoms with van der Waals surface area (Å²) in [5.41, 5.74) is -0.0716. The highest BCUT2D eigenvalue weighted by atomic mass is 16.7. The van der Waals surface area contributed by atoms with Gasteiger partial charge in [0, 0.05) is 20.5 Å². The Kier molecular flexibility index (Phi) is 8.23. The Morgan fingerprint density at radius 3 is 2.47 bits per heavy atom. The van der Waals surface area contributed by atoms with Crippen molar-refractivity contribution >= 4 is 24.9 Å². The zero-order valence-electron chi connectivity index (χ0n) is 21.9. The summed E-state index contributed by atoms with van der Waals surface area (Å²) in [6.45, 7) is 13.1. The Balaban J connectivity index is 1.65. The summed E-state index contributed by atoms with van der Waals surface area (Å²) in [6.07, 6.45) is 4.06. The van der Waals surface area contributed by atoms with E-state index >= 15 is 0 Å². The zero-order chi connectivity index (χ0) is 25.3. The molecule has 4 aliphatic rings. The summed E-state index contributed by atoms with van der Waals surface area (Å²) < 4.78 is 13.1. The third-order valence-corrected chi connectivity index (χ3v) is 8.27. The molecule has 2 bridgehead atoms. The number of amides is 2. The van der Waals surface area contributed by atoms with Crippen molar-refractivity contribution in [2.75, 3.05) is 13.6 Å². The lowest BCUT2D eigenvalue weighted by Crippen LogP contribution is -2.65. The summed E-state index contributed by atoms with van der Waals surface area (Å²) in [5, 5.41) is 19.2. The van der Waals surface area contributed by atoms with E-state index in [1.165, 1.54) is 13.3 Å². The number of guanidine groups is 1. The number of nitrogens with one attached hydrogen (secondary N) is 5. The molecule has 3 saturated carbocycles. The summed E-state index contributed by atoms with van der Waals surface area (Å²) in [4.78, 5) is 25.0. The average molecular weight is 477 g/mol. The van der Waals surface area contributed by atoms with E-state index in [9.17, 15) is 9.59 Å². The molecule has 1 aliphatic heterocycles. The first-order valence-electron chi connectivity index (χ1n) is 12.8. The molecule has 4 rings (SSSR count). The number of carbonyl (C=O) groups excluding carboxylic acids is 2. The molecule has 192 valence electrons. The lowest BCUT2D eigenvalue weighted by Gasteiger charge is -2.64. The molecule has 34 heavy (non-hydrogen) atoms. The van der Waals surface area contributed by atoms with Gasteiger partial charge in [-0.25, -0.2) is 0 Å². The van der Waals surface area contributed by atoms with Gasteiger partial charge in [-0.3, -0.25) is 15.0 Å². The quantitative estimate of drug-likeness (QED) is 0.142. The number of hydrogen-bond acceptors (Lipinski definition) is 5. The minimum atomic E-state index is -0.649. The predicted molar refractivity (Wildman–Crippen MR) is 133 cm³/mol. The van der Waals surface area contributed by atoms with Crippen LogP contribution < -0.4 is 21.3 Å². The van der Waals surface area contributed by atoms with Crippen LogP contribution in [0.4, 0.5) is 0 Å².